The van der Waals surface area contributed by atoms with E-state index in [2.05, 4.69) is 5.32 Å². The number of aliphatic hydroxyl groups is 1. The molecular weight excluding hydrogens is 326 g/mol. The predicted molar refractivity (Wildman–Crippen MR) is 87.8 cm³/mol. The second-order valence-corrected chi connectivity index (χ2v) is 6.18. The van der Waals surface area contributed by atoms with E-state index in [1.807, 2.05) is 6.07 Å². The van der Waals surface area contributed by atoms with Gasteiger partial charge in [0, 0.05) is 18.7 Å². The molecule has 2 aliphatic heterocycles. The molecular formula is C17H21N3O5. The maximum Gasteiger partial charge on any atom is 0.410 e. The van der Waals surface area contributed by atoms with E-state index in [1.165, 1.54) is 9.80 Å². The lowest BCUT2D eigenvalue weighted by Gasteiger charge is -2.36. The maximum atomic E-state index is 12.3. The number of β-amino-alcohol motifs (C(OH)–C–C–N with tert-alkyl or cyclic N) is 1. The summed E-state index contributed by atoms with van der Waals surface area (Å²) in [6.07, 6.45) is -0.884. The van der Waals surface area contributed by atoms with E-state index in [9.17, 15) is 19.5 Å². The third kappa shape index (κ3) is 4.08. The van der Waals surface area contributed by atoms with Gasteiger partial charge in [0.1, 0.15) is 13.2 Å². The quantitative estimate of drug-likeness (QED) is 0.788. The van der Waals surface area contributed by atoms with Crippen molar-refractivity contribution in [1.82, 2.24) is 15.1 Å². The number of benzene rings is 1. The Hall–Kier alpha value is -2.61. The normalized spacial score (nSPS) is 23.3. The molecule has 2 atom stereocenters. The number of hydrogen-bond donors (Lipinski definition) is 2. The van der Waals surface area contributed by atoms with Crippen LogP contribution in [0.1, 0.15) is 16.8 Å². The number of carbonyl (C=O) groups excluding carboxylic acids is 3. The van der Waals surface area contributed by atoms with Crippen LogP contribution in [0.25, 0.3) is 0 Å². The number of ether oxygens (including phenoxy) is 1. The predicted octanol–water partition coefficient (Wildman–Crippen LogP) is -0.170. The lowest BCUT2D eigenvalue weighted by atomic mass is 10.0. The highest BCUT2D eigenvalue weighted by Crippen LogP contribution is 2.14. The van der Waals surface area contributed by atoms with Gasteiger partial charge in [0.05, 0.1) is 18.7 Å². The number of rotatable bonds is 4. The van der Waals surface area contributed by atoms with Crippen LogP contribution in [-0.2, 0) is 9.53 Å². The number of amides is 3. The molecule has 25 heavy (non-hydrogen) atoms. The zero-order valence-electron chi connectivity index (χ0n) is 13.8. The lowest BCUT2D eigenvalue weighted by molar-refractivity contribution is -0.135. The van der Waals surface area contributed by atoms with Crippen molar-refractivity contribution in [2.45, 2.75) is 18.6 Å². The van der Waals surface area contributed by atoms with Crippen molar-refractivity contribution in [3.05, 3.63) is 35.9 Å². The first-order chi connectivity index (χ1) is 12.0. The molecule has 1 aromatic rings. The van der Waals surface area contributed by atoms with E-state index >= 15 is 0 Å². The molecule has 2 aliphatic rings. The van der Waals surface area contributed by atoms with Crippen LogP contribution < -0.4 is 5.32 Å². The summed E-state index contributed by atoms with van der Waals surface area (Å²) in [4.78, 5) is 38.7. The summed E-state index contributed by atoms with van der Waals surface area (Å²) in [6, 6.07) is 8.37. The van der Waals surface area contributed by atoms with Crippen LogP contribution in [0.4, 0.5) is 4.79 Å². The number of piperidine rings is 1. The number of hydrogen-bond acceptors (Lipinski definition) is 5. The Labute approximate surface area is 145 Å². The largest absolute Gasteiger partial charge is 0.448 e. The molecule has 0 aromatic heterocycles. The molecule has 8 nitrogen and oxygen atoms in total. The van der Waals surface area contributed by atoms with Crippen molar-refractivity contribution in [3.63, 3.8) is 0 Å². The Morgan fingerprint density at radius 2 is 2.00 bits per heavy atom. The summed E-state index contributed by atoms with van der Waals surface area (Å²) in [7, 11) is 0. The Morgan fingerprint density at radius 1 is 1.24 bits per heavy atom. The van der Waals surface area contributed by atoms with Gasteiger partial charge in [-0.25, -0.2) is 4.79 Å². The first kappa shape index (κ1) is 17.2. The van der Waals surface area contributed by atoms with E-state index in [1.54, 1.807) is 24.3 Å². The topological polar surface area (TPSA) is 99.2 Å². The summed E-state index contributed by atoms with van der Waals surface area (Å²) in [5.41, 5.74) is 0.528. The van der Waals surface area contributed by atoms with Gasteiger partial charge in [-0.15, -0.1) is 0 Å². The minimum Gasteiger partial charge on any atom is -0.448 e. The van der Waals surface area contributed by atoms with Gasteiger partial charge in [-0.05, 0) is 18.6 Å². The highest BCUT2D eigenvalue weighted by molar-refractivity contribution is 5.94. The van der Waals surface area contributed by atoms with Gasteiger partial charge in [0.15, 0.2) is 0 Å². The Balaban J connectivity index is 1.51. The molecule has 2 heterocycles. The molecule has 0 spiro atoms. The van der Waals surface area contributed by atoms with E-state index in [0.717, 1.165) is 0 Å². The third-order valence-electron chi connectivity index (χ3n) is 4.46. The molecule has 1 aromatic carbocycles. The minimum absolute atomic E-state index is 0.0490. The second-order valence-electron chi connectivity index (χ2n) is 6.18. The van der Waals surface area contributed by atoms with Crippen molar-refractivity contribution < 1.29 is 24.2 Å². The molecule has 0 unspecified atom stereocenters. The standard InChI is InChI=1S/C17H21N3O5/c21-14-10-19(15(22)11-20-8-9-25-17(20)24)7-6-13(14)18-16(23)12-4-2-1-3-5-12/h1-5,13-14,21H,6-11H2,(H,18,23)/t13-,14-/m1/s1. The van der Waals surface area contributed by atoms with Crippen LogP contribution in [0.2, 0.25) is 0 Å². The molecule has 2 fully saturated rings. The fourth-order valence-corrected chi connectivity index (χ4v) is 3.00. The number of nitrogens with one attached hydrogen (secondary N) is 1. The smallest absolute Gasteiger partial charge is 0.410 e. The highest BCUT2D eigenvalue weighted by Gasteiger charge is 2.33. The SMILES string of the molecule is O=C(N[C@@H]1CCN(C(=O)CN2CCOC2=O)C[C@H]1O)c1ccccc1. The van der Waals surface area contributed by atoms with Crippen LogP contribution in [0.15, 0.2) is 30.3 Å². The van der Waals surface area contributed by atoms with Crippen LogP contribution >= 0.6 is 0 Å². The van der Waals surface area contributed by atoms with Gasteiger partial charge in [-0.1, -0.05) is 18.2 Å². The van der Waals surface area contributed by atoms with Gasteiger partial charge < -0.3 is 20.1 Å². The molecule has 3 rings (SSSR count). The maximum absolute atomic E-state index is 12.3. The van der Waals surface area contributed by atoms with Gasteiger partial charge in [-0.3, -0.25) is 14.5 Å². The van der Waals surface area contributed by atoms with Gasteiger partial charge in [-0.2, -0.15) is 0 Å². The minimum atomic E-state index is -0.851. The molecule has 2 saturated heterocycles. The van der Waals surface area contributed by atoms with Crippen molar-refractivity contribution in [2.75, 3.05) is 32.8 Å². The Kier molecular flexibility index (Phi) is 5.18. The first-order valence-corrected chi connectivity index (χ1v) is 8.28. The first-order valence-electron chi connectivity index (χ1n) is 8.28. The number of cyclic esters (lactones) is 1. The fraction of sp³-hybridized carbons (Fsp3) is 0.471. The molecule has 0 saturated carbocycles. The van der Waals surface area contributed by atoms with E-state index in [0.29, 0.717) is 31.7 Å². The van der Waals surface area contributed by atoms with Crippen LogP contribution in [0.3, 0.4) is 0 Å². The molecule has 134 valence electrons. The fourth-order valence-electron chi connectivity index (χ4n) is 3.00. The molecule has 0 aliphatic carbocycles. The van der Waals surface area contributed by atoms with E-state index < -0.39 is 18.2 Å². The van der Waals surface area contributed by atoms with Crippen LogP contribution in [-0.4, -0.2) is 77.7 Å². The lowest BCUT2D eigenvalue weighted by Crippen LogP contribution is -2.56. The van der Waals surface area contributed by atoms with Crippen molar-refractivity contribution in [1.29, 1.82) is 0 Å². The average molecular weight is 347 g/mol. The van der Waals surface area contributed by atoms with Crippen molar-refractivity contribution in [3.8, 4) is 0 Å². The summed E-state index contributed by atoms with van der Waals surface area (Å²) in [6.45, 7) is 1.19. The van der Waals surface area contributed by atoms with Gasteiger partial charge in [0.25, 0.3) is 5.91 Å². The number of aliphatic hydroxyl groups excluding tert-OH is 1. The number of carbonyl (C=O) groups is 3. The highest BCUT2D eigenvalue weighted by atomic mass is 16.6. The average Bonchev–Trinajstić information content (AvgIpc) is 3.02. The summed E-state index contributed by atoms with van der Waals surface area (Å²) in [5, 5.41) is 13.1. The van der Waals surface area contributed by atoms with Gasteiger partial charge >= 0.3 is 6.09 Å². The monoisotopic (exact) mass is 347 g/mol. The molecule has 2 N–H and O–H groups in total. The number of likely N-dealkylation sites (tertiary alicyclic amines) is 1. The van der Waals surface area contributed by atoms with Crippen molar-refractivity contribution in [2.24, 2.45) is 0 Å². The molecule has 8 heteroatoms. The number of nitrogens with zero attached hydrogens (tertiary/aromatic N) is 2. The third-order valence-corrected chi connectivity index (χ3v) is 4.46. The van der Waals surface area contributed by atoms with E-state index in [-0.39, 0.29) is 24.9 Å². The molecule has 0 radical (unpaired) electrons. The summed E-state index contributed by atoms with van der Waals surface area (Å²) >= 11 is 0. The zero-order chi connectivity index (χ0) is 17.8. The van der Waals surface area contributed by atoms with Crippen LogP contribution in [0, 0.1) is 0 Å². The van der Waals surface area contributed by atoms with E-state index in [4.69, 9.17) is 4.74 Å². The second kappa shape index (κ2) is 7.52. The molecule has 3 amide bonds. The molecule has 0 bridgehead atoms. The summed E-state index contributed by atoms with van der Waals surface area (Å²) < 4.78 is 4.80. The van der Waals surface area contributed by atoms with Crippen LogP contribution in [0.5, 0.6) is 0 Å². The van der Waals surface area contributed by atoms with Crippen molar-refractivity contribution >= 4 is 17.9 Å². The zero-order valence-corrected chi connectivity index (χ0v) is 13.8. The summed E-state index contributed by atoms with van der Waals surface area (Å²) in [5.74, 6) is -0.477. The Morgan fingerprint density at radius 3 is 2.64 bits per heavy atom. The Bertz CT molecular complexity index is 651. The van der Waals surface area contributed by atoms with Gasteiger partial charge in [0.2, 0.25) is 5.91 Å².